The molecule has 33 heavy (non-hydrogen) atoms. The number of fused-ring (bicyclic) bond motifs is 2. The van der Waals surface area contributed by atoms with Crippen LogP contribution in [0.15, 0.2) is 33.0 Å². The number of aryl methyl sites for hydroxylation is 1. The molecule has 176 valence electrons. The summed E-state index contributed by atoms with van der Waals surface area (Å²) in [5.41, 5.74) is 1.42. The van der Waals surface area contributed by atoms with Crippen molar-refractivity contribution in [1.29, 1.82) is 5.41 Å². The predicted octanol–water partition coefficient (Wildman–Crippen LogP) is 2.94. The molecule has 2 aliphatic heterocycles. The molecule has 0 bridgehead atoms. The van der Waals surface area contributed by atoms with Crippen molar-refractivity contribution in [3.05, 3.63) is 28.4 Å². The number of ether oxygens (including phenoxy) is 2. The summed E-state index contributed by atoms with van der Waals surface area (Å²) >= 11 is 5.01. The lowest BCUT2D eigenvalue weighted by atomic mass is 9.95. The maximum atomic E-state index is 11.7. The molecule has 10 nitrogen and oxygen atoms in total. The topological polar surface area (TPSA) is 126 Å². The minimum Gasteiger partial charge on any atom is -0.454 e. The molecule has 13 heteroatoms. The lowest BCUT2D eigenvalue weighted by molar-refractivity contribution is 0.174. The number of imidazole rings is 1. The van der Waals surface area contributed by atoms with Crippen LogP contribution in [0.2, 0.25) is 0 Å². The van der Waals surface area contributed by atoms with Gasteiger partial charge in [0.1, 0.15) is 5.52 Å². The predicted molar refractivity (Wildman–Crippen MR) is 126 cm³/mol. The average Bonchev–Trinajstić information content (AvgIpc) is 3.40. The van der Waals surface area contributed by atoms with Crippen molar-refractivity contribution in [2.24, 2.45) is 5.92 Å². The number of nitrogens with one attached hydrogen (secondary N) is 2. The van der Waals surface area contributed by atoms with E-state index in [9.17, 15) is 8.42 Å². The zero-order chi connectivity index (χ0) is 23.2. The van der Waals surface area contributed by atoms with E-state index in [-0.39, 0.29) is 12.3 Å². The van der Waals surface area contributed by atoms with E-state index in [2.05, 4.69) is 25.9 Å². The van der Waals surface area contributed by atoms with Crippen LogP contribution in [0.1, 0.15) is 19.3 Å². The molecule has 2 aromatic heterocycles. The van der Waals surface area contributed by atoms with Gasteiger partial charge in [-0.25, -0.2) is 22.7 Å². The first-order valence-electron chi connectivity index (χ1n) is 10.5. The van der Waals surface area contributed by atoms with Crippen LogP contribution in [0.25, 0.3) is 11.2 Å². The van der Waals surface area contributed by atoms with Crippen LogP contribution in [0, 0.1) is 11.3 Å². The highest BCUT2D eigenvalue weighted by atomic mass is 79.9. The molecule has 5 rings (SSSR count). The molecule has 0 amide bonds. The van der Waals surface area contributed by atoms with Gasteiger partial charge in [-0.3, -0.25) is 5.41 Å². The molecule has 0 saturated carbocycles. The van der Waals surface area contributed by atoms with E-state index in [0.29, 0.717) is 53.4 Å². The Kier molecular flexibility index (Phi) is 6.14. The molecule has 0 aliphatic carbocycles. The Bertz CT molecular complexity index is 1360. The van der Waals surface area contributed by atoms with Gasteiger partial charge in [-0.05, 0) is 53.2 Å². The molecular formula is C20H23BrN6O4S2. The van der Waals surface area contributed by atoms with Crippen LogP contribution in [0.4, 0.5) is 0 Å². The van der Waals surface area contributed by atoms with Crippen molar-refractivity contribution in [1.82, 2.24) is 23.8 Å². The molecule has 0 spiro atoms. The van der Waals surface area contributed by atoms with Gasteiger partial charge in [0.25, 0.3) is 0 Å². The summed E-state index contributed by atoms with van der Waals surface area (Å²) < 4.78 is 38.7. The van der Waals surface area contributed by atoms with Crippen LogP contribution in [-0.4, -0.2) is 58.4 Å². The highest BCUT2D eigenvalue weighted by Gasteiger charge is 2.25. The Morgan fingerprint density at radius 2 is 2.00 bits per heavy atom. The second-order valence-corrected chi connectivity index (χ2v) is 12.0. The maximum absolute atomic E-state index is 11.7. The Morgan fingerprint density at radius 1 is 1.27 bits per heavy atom. The number of hydrogen-bond donors (Lipinski definition) is 2. The van der Waals surface area contributed by atoms with Gasteiger partial charge in [0.05, 0.1) is 12.6 Å². The van der Waals surface area contributed by atoms with Crippen molar-refractivity contribution < 1.29 is 17.9 Å². The zero-order valence-corrected chi connectivity index (χ0v) is 21.1. The van der Waals surface area contributed by atoms with Crippen molar-refractivity contribution in [3.8, 4) is 11.5 Å². The van der Waals surface area contributed by atoms with E-state index in [1.54, 1.807) is 10.6 Å². The lowest BCUT2D eigenvalue weighted by Crippen LogP contribution is -2.37. The summed E-state index contributed by atoms with van der Waals surface area (Å²) in [6, 6.07) is 3.78. The van der Waals surface area contributed by atoms with Gasteiger partial charge in [-0.2, -0.15) is 0 Å². The van der Waals surface area contributed by atoms with E-state index < -0.39 is 10.0 Å². The third-order valence-electron chi connectivity index (χ3n) is 5.95. The van der Waals surface area contributed by atoms with E-state index in [0.717, 1.165) is 28.6 Å². The summed E-state index contributed by atoms with van der Waals surface area (Å²) in [7, 11) is -3.12. The largest absolute Gasteiger partial charge is 0.454 e. The van der Waals surface area contributed by atoms with Crippen LogP contribution >= 0.6 is 27.7 Å². The molecule has 0 unspecified atom stereocenters. The monoisotopic (exact) mass is 554 g/mol. The highest BCUT2D eigenvalue weighted by Crippen LogP contribution is 2.42. The van der Waals surface area contributed by atoms with E-state index in [1.807, 2.05) is 16.7 Å². The molecule has 1 fully saturated rings. The summed E-state index contributed by atoms with van der Waals surface area (Å²) in [6.45, 7) is 2.06. The Morgan fingerprint density at radius 3 is 2.73 bits per heavy atom. The summed E-state index contributed by atoms with van der Waals surface area (Å²) in [6.07, 6.45) is 5.52. The number of H-pyrrole nitrogens is 1. The third-order valence-corrected chi connectivity index (χ3v) is 9.12. The number of aromatic nitrogens is 4. The summed E-state index contributed by atoms with van der Waals surface area (Å²) in [4.78, 5) is 13.1. The Hall–Kier alpha value is -2.09. The maximum Gasteiger partial charge on any atom is 0.231 e. The second-order valence-electron chi connectivity index (χ2n) is 8.16. The Balaban J connectivity index is 1.32. The first-order chi connectivity index (χ1) is 15.8. The quantitative estimate of drug-likeness (QED) is 0.479. The van der Waals surface area contributed by atoms with Gasteiger partial charge in [-0.15, -0.1) is 0 Å². The number of halogens is 1. The first kappa shape index (κ1) is 22.7. The van der Waals surface area contributed by atoms with Crippen molar-refractivity contribution in [2.75, 3.05) is 26.1 Å². The number of nitrogens with zero attached hydrogens (tertiary/aromatic N) is 4. The second kappa shape index (κ2) is 8.93. The van der Waals surface area contributed by atoms with Crippen LogP contribution in [-0.2, 0) is 16.6 Å². The molecule has 1 saturated heterocycles. The van der Waals surface area contributed by atoms with Crippen LogP contribution < -0.4 is 15.0 Å². The number of aromatic amines is 1. The van der Waals surface area contributed by atoms with Gasteiger partial charge < -0.3 is 19.0 Å². The molecule has 2 N–H and O–H groups in total. The minimum atomic E-state index is -3.12. The molecule has 0 atom stereocenters. The van der Waals surface area contributed by atoms with E-state index in [4.69, 9.17) is 19.9 Å². The van der Waals surface area contributed by atoms with Gasteiger partial charge in [0.2, 0.25) is 16.8 Å². The van der Waals surface area contributed by atoms with Crippen LogP contribution in [0.5, 0.6) is 11.5 Å². The summed E-state index contributed by atoms with van der Waals surface area (Å²) in [5, 5.41) is 8.85. The lowest BCUT2D eigenvalue weighted by Gasteiger charge is -2.30. The molecule has 4 heterocycles. The number of rotatable bonds is 6. The third kappa shape index (κ3) is 4.77. The Labute approximate surface area is 203 Å². The van der Waals surface area contributed by atoms with E-state index >= 15 is 0 Å². The summed E-state index contributed by atoms with van der Waals surface area (Å²) in [5.74, 6) is 1.84. The SMILES string of the molecule is CS(=O)(=O)N1CCC(CCn2cnc(=N)c3[nH]c(Sc4cc5c(cc4Br)OCO5)nc32)CC1. The van der Waals surface area contributed by atoms with Crippen molar-refractivity contribution in [3.63, 3.8) is 0 Å². The van der Waals surface area contributed by atoms with Gasteiger partial charge in [0.15, 0.2) is 27.8 Å². The van der Waals surface area contributed by atoms with Crippen molar-refractivity contribution in [2.45, 2.75) is 35.9 Å². The zero-order valence-electron chi connectivity index (χ0n) is 17.9. The number of sulfonamides is 1. The molecule has 3 aromatic rings. The standard InChI is InChI=1S/C20H23BrN6O4S2/c1-33(28,29)27-6-3-12(4-7-27)2-5-26-10-23-18(22)17-19(26)25-20(24-17)32-16-9-15-14(8-13(16)21)30-11-31-15/h8-10,12,22H,2-7,11H2,1H3,(H,24,25). The number of benzene rings is 1. The van der Waals surface area contributed by atoms with Crippen molar-refractivity contribution >= 4 is 48.9 Å². The number of hydrogen-bond acceptors (Lipinski definition) is 8. The fraction of sp³-hybridized carbons (Fsp3) is 0.450. The first-order valence-corrected chi connectivity index (χ1v) is 14.0. The minimum absolute atomic E-state index is 0.145. The molecule has 1 aromatic carbocycles. The van der Waals surface area contributed by atoms with Crippen LogP contribution in [0.3, 0.4) is 0 Å². The number of piperidine rings is 1. The molecular weight excluding hydrogens is 532 g/mol. The van der Waals surface area contributed by atoms with Gasteiger partial charge in [0, 0.05) is 29.0 Å². The van der Waals surface area contributed by atoms with E-state index in [1.165, 1.54) is 18.0 Å². The smallest absolute Gasteiger partial charge is 0.231 e. The van der Waals surface area contributed by atoms with Gasteiger partial charge in [-0.1, -0.05) is 11.8 Å². The fourth-order valence-corrected chi connectivity index (χ4v) is 6.36. The molecule has 2 aliphatic rings. The molecule has 0 radical (unpaired) electrons. The fourth-order valence-electron chi connectivity index (χ4n) is 4.11. The highest BCUT2D eigenvalue weighted by molar-refractivity contribution is 9.10. The normalized spacial score (nSPS) is 17.2. The van der Waals surface area contributed by atoms with Gasteiger partial charge >= 0.3 is 0 Å². The average molecular weight is 555 g/mol.